The predicted molar refractivity (Wildman–Crippen MR) is 83.3 cm³/mol. The molecule has 0 aliphatic carbocycles. The van der Waals surface area contributed by atoms with Crippen LogP contribution in [-0.2, 0) is 0 Å². The second kappa shape index (κ2) is 4.97. The third kappa shape index (κ3) is 2.12. The second-order valence-corrected chi connectivity index (χ2v) is 5.37. The smallest absolute Gasteiger partial charge is 0.230 e. The number of aromatic nitrogens is 1. The Morgan fingerprint density at radius 1 is 1.05 bits per heavy atom. The molecule has 0 bridgehead atoms. The van der Waals surface area contributed by atoms with Crippen LogP contribution in [0.2, 0.25) is 5.02 Å². The minimum atomic E-state index is 0.246. The van der Waals surface area contributed by atoms with Crippen molar-refractivity contribution in [2.24, 2.45) is 0 Å². The molecule has 4 nitrogen and oxygen atoms in total. The Morgan fingerprint density at radius 3 is 2.38 bits per heavy atom. The molecule has 0 aliphatic rings. The lowest BCUT2D eigenvalue weighted by Gasteiger charge is -2.05. The molecule has 3 aromatic rings. The van der Waals surface area contributed by atoms with Crippen molar-refractivity contribution in [2.45, 2.75) is 20.8 Å². The van der Waals surface area contributed by atoms with Gasteiger partial charge in [-0.25, -0.2) is 0 Å². The molecule has 0 amide bonds. The summed E-state index contributed by atoms with van der Waals surface area (Å²) < 4.78 is 10.9. The molecule has 0 aliphatic heterocycles. The maximum Gasteiger partial charge on any atom is 0.230 e. The van der Waals surface area contributed by atoms with Crippen molar-refractivity contribution in [3.8, 4) is 22.4 Å². The number of nitrogens with zero attached hydrogens (tertiary/aromatic N) is 1. The minimum absolute atomic E-state index is 0.246. The van der Waals surface area contributed by atoms with Gasteiger partial charge in [0.2, 0.25) is 5.88 Å². The molecule has 2 heterocycles. The molecule has 0 radical (unpaired) electrons. The van der Waals surface area contributed by atoms with E-state index in [2.05, 4.69) is 5.16 Å². The largest absolute Gasteiger partial charge is 0.466 e. The molecule has 5 heteroatoms. The van der Waals surface area contributed by atoms with E-state index in [1.807, 2.05) is 45.0 Å². The number of anilines is 1. The number of nitrogens with two attached hydrogens (primary N) is 1. The lowest BCUT2D eigenvalue weighted by atomic mass is 9.98. The zero-order valence-electron chi connectivity index (χ0n) is 12.0. The molecule has 0 saturated heterocycles. The van der Waals surface area contributed by atoms with E-state index in [1.165, 1.54) is 0 Å². The molecule has 0 atom stereocenters. The number of nitrogen functional groups attached to an aromatic ring is 1. The van der Waals surface area contributed by atoms with E-state index in [4.69, 9.17) is 26.3 Å². The summed E-state index contributed by atoms with van der Waals surface area (Å²) in [6, 6.07) is 7.48. The number of hydrogen-bond acceptors (Lipinski definition) is 4. The molecule has 108 valence electrons. The first-order valence-electron chi connectivity index (χ1n) is 6.57. The third-order valence-electron chi connectivity index (χ3n) is 3.66. The number of aryl methyl sites for hydroxylation is 2. The van der Waals surface area contributed by atoms with Crippen LogP contribution in [0.5, 0.6) is 0 Å². The van der Waals surface area contributed by atoms with E-state index >= 15 is 0 Å². The maximum atomic E-state index is 6.28. The number of rotatable bonds is 2. The normalized spacial score (nSPS) is 11.0. The fourth-order valence-corrected chi connectivity index (χ4v) is 2.77. The first-order valence-corrected chi connectivity index (χ1v) is 6.95. The van der Waals surface area contributed by atoms with Gasteiger partial charge in [-0.05, 0) is 32.4 Å². The third-order valence-corrected chi connectivity index (χ3v) is 3.99. The van der Waals surface area contributed by atoms with Crippen molar-refractivity contribution in [1.29, 1.82) is 0 Å². The molecule has 2 aromatic heterocycles. The maximum absolute atomic E-state index is 6.28. The number of furan rings is 1. The van der Waals surface area contributed by atoms with Crippen LogP contribution >= 0.6 is 11.6 Å². The van der Waals surface area contributed by atoms with Crippen molar-refractivity contribution < 1.29 is 8.94 Å². The molecular formula is C16H15ClN2O2. The SMILES string of the molecule is Cc1oc(C)c(-c2noc(N)c2-c2ccccc2Cl)c1C. The lowest BCUT2D eigenvalue weighted by Crippen LogP contribution is -1.90. The fraction of sp³-hybridized carbons (Fsp3) is 0.188. The summed E-state index contributed by atoms with van der Waals surface area (Å²) >= 11 is 6.28. The van der Waals surface area contributed by atoms with E-state index in [9.17, 15) is 0 Å². The second-order valence-electron chi connectivity index (χ2n) is 4.96. The first kappa shape index (κ1) is 13.8. The average Bonchev–Trinajstić information content (AvgIpc) is 2.92. The van der Waals surface area contributed by atoms with Gasteiger partial charge < -0.3 is 14.7 Å². The molecule has 0 unspecified atom stereocenters. The summed E-state index contributed by atoms with van der Waals surface area (Å²) in [5.41, 5.74) is 10.1. The lowest BCUT2D eigenvalue weighted by molar-refractivity contribution is 0.439. The first-order chi connectivity index (χ1) is 10.0. The van der Waals surface area contributed by atoms with E-state index < -0.39 is 0 Å². The number of hydrogen-bond donors (Lipinski definition) is 1. The number of halogens is 1. The topological polar surface area (TPSA) is 65.2 Å². The highest BCUT2D eigenvalue weighted by molar-refractivity contribution is 6.33. The minimum Gasteiger partial charge on any atom is -0.466 e. The van der Waals surface area contributed by atoms with E-state index in [-0.39, 0.29) is 5.88 Å². The molecule has 0 fully saturated rings. The highest BCUT2D eigenvalue weighted by atomic mass is 35.5. The Morgan fingerprint density at radius 2 is 1.76 bits per heavy atom. The molecule has 1 aromatic carbocycles. The highest BCUT2D eigenvalue weighted by Gasteiger charge is 2.24. The summed E-state index contributed by atoms with van der Waals surface area (Å²) in [6.07, 6.45) is 0. The Kier molecular flexibility index (Phi) is 3.26. The van der Waals surface area contributed by atoms with E-state index in [0.717, 1.165) is 28.2 Å². The molecule has 0 spiro atoms. The zero-order valence-corrected chi connectivity index (χ0v) is 12.8. The van der Waals surface area contributed by atoms with Gasteiger partial charge in [-0.15, -0.1) is 0 Å². The van der Waals surface area contributed by atoms with Crippen LogP contribution in [0.4, 0.5) is 5.88 Å². The fourth-order valence-electron chi connectivity index (χ4n) is 2.54. The Labute approximate surface area is 127 Å². The van der Waals surface area contributed by atoms with Crippen LogP contribution < -0.4 is 5.73 Å². The monoisotopic (exact) mass is 302 g/mol. The summed E-state index contributed by atoms with van der Waals surface area (Å²) in [4.78, 5) is 0. The molecule has 21 heavy (non-hydrogen) atoms. The van der Waals surface area contributed by atoms with Crippen molar-refractivity contribution >= 4 is 17.5 Å². The van der Waals surface area contributed by atoms with Crippen molar-refractivity contribution in [2.75, 3.05) is 5.73 Å². The zero-order chi connectivity index (χ0) is 15.1. The quantitative estimate of drug-likeness (QED) is 0.741. The van der Waals surface area contributed by atoms with Crippen LogP contribution in [0.15, 0.2) is 33.2 Å². The summed E-state index contributed by atoms with van der Waals surface area (Å²) in [6.45, 7) is 5.81. The van der Waals surface area contributed by atoms with Gasteiger partial charge in [0.05, 0.1) is 5.56 Å². The van der Waals surface area contributed by atoms with Crippen LogP contribution in [0.1, 0.15) is 17.1 Å². The van der Waals surface area contributed by atoms with Gasteiger partial charge in [0.25, 0.3) is 0 Å². The molecule has 0 saturated carbocycles. The van der Waals surface area contributed by atoms with E-state index in [0.29, 0.717) is 16.3 Å². The molecule has 2 N–H and O–H groups in total. The summed E-state index contributed by atoms with van der Waals surface area (Å²) in [5.74, 6) is 1.89. The van der Waals surface area contributed by atoms with Crippen LogP contribution in [0, 0.1) is 20.8 Å². The Bertz CT molecular complexity index is 818. The summed E-state index contributed by atoms with van der Waals surface area (Å²) in [5, 5.41) is 4.72. The molecular weight excluding hydrogens is 288 g/mol. The van der Waals surface area contributed by atoms with Gasteiger partial charge in [0, 0.05) is 16.1 Å². The molecule has 3 rings (SSSR count). The van der Waals surface area contributed by atoms with Crippen LogP contribution in [0.3, 0.4) is 0 Å². The predicted octanol–water partition coefficient (Wildman–Crippen LogP) is 4.76. The van der Waals surface area contributed by atoms with Crippen molar-refractivity contribution in [3.63, 3.8) is 0 Å². The van der Waals surface area contributed by atoms with Gasteiger partial charge >= 0.3 is 0 Å². The standard InChI is InChI=1S/C16H15ClN2O2/c1-8-9(2)20-10(3)13(8)15-14(16(18)21-19-15)11-6-4-5-7-12(11)17/h4-7H,18H2,1-3H3. The van der Waals surface area contributed by atoms with Crippen molar-refractivity contribution in [1.82, 2.24) is 5.16 Å². The van der Waals surface area contributed by atoms with Gasteiger partial charge in [0.15, 0.2) is 0 Å². The Hall–Kier alpha value is -2.20. The van der Waals surface area contributed by atoms with Gasteiger partial charge in [-0.1, -0.05) is 35.0 Å². The Balaban J connectivity index is 2.30. The van der Waals surface area contributed by atoms with Crippen LogP contribution in [0.25, 0.3) is 22.4 Å². The average molecular weight is 303 g/mol. The van der Waals surface area contributed by atoms with Gasteiger partial charge in [0.1, 0.15) is 17.2 Å². The van der Waals surface area contributed by atoms with E-state index in [1.54, 1.807) is 0 Å². The van der Waals surface area contributed by atoms with Gasteiger partial charge in [-0.2, -0.15) is 0 Å². The summed E-state index contributed by atoms with van der Waals surface area (Å²) in [7, 11) is 0. The van der Waals surface area contributed by atoms with Crippen LogP contribution in [-0.4, -0.2) is 5.16 Å². The highest BCUT2D eigenvalue weighted by Crippen LogP contribution is 2.42. The van der Waals surface area contributed by atoms with Gasteiger partial charge in [-0.3, -0.25) is 0 Å². The number of benzene rings is 1. The van der Waals surface area contributed by atoms with Crippen molar-refractivity contribution in [3.05, 3.63) is 46.4 Å².